The minimum atomic E-state index is 0.284. The zero-order chi connectivity index (χ0) is 19.9. The zero-order valence-corrected chi connectivity index (χ0v) is 19.0. The Morgan fingerprint density at radius 3 is 2.46 bits per heavy atom. The van der Waals surface area contributed by atoms with E-state index in [1.54, 1.807) is 5.57 Å². The van der Waals surface area contributed by atoms with Gasteiger partial charge in [-0.3, -0.25) is 4.79 Å². The second-order valence-electron chi connectivity index (χ2n) is 12.7. The molecule has 5 rings (SSSR count). The van der Waals surface area contributed by atoms with E-state index in [2.05, 4.69) is 40.7 Å². The largest absolute Gasteiger partial charge is 0.295 e. The Balaban J connectivity index is 1.52. The minimum absolute atomic E-state index is 0.284. The van der Waals surface area contributed by atoms with Crippen LogP contribution in [0.4, 0.5) is 0 Å². The summed E-state index contributed by atoms with van der Waals surface area (Å²) in [5.41, 5.74) is 2.96. The van der Waals surface area contributed by atoms with Gasteiger partial charge in [-0.05, 0) is 109 Å². The maximum absolute atomic E-state index is 12.5. The summed E-state index contributed by atoms with van der Waals surface area (Å²) in [5.74, 6) is 5.22. The molecule has 0 aromatic carbocycles. The lowest BCUT2D eigenvalue weighted by molar-refractivity contribution is -0.161. The topological polar surface area (TPSA) is 17.1 Å². The van der Waals surface area contributed by atoms with E-state index >= 15 is 0 Å². The number of ketones is 1. The van der Waals surface area contributed by atoms with Crippen LogP contribution in [-0.2, 0) is 4.79 Å². The van der Waals surface area contributed by atoms with Crippen molar-refractivity contribution in [3.05, 3.63) is 11.6 Å². The van der Waals surface area contributed by atoms with Crippen molar-refractivity contribution in [2.24, 2.45) is 51.8 Å². The average molecular weight is 383 g/mol. The molecule has 0 N–H and O–H groups in total. The maximum Gasteiger partial charge on any atom is 0.155 e. The molecule has 0 heterocycles. The van der Waals surface area contributed by atoms with Gasteiger partial charge in [-0.1, -0.05) is 46.6 Å². The van der Waals surface area contributed by atoms with E-state index in [1.165, 1.54) is 57.8 Å². The van der Waals surface area contributed by atoms with Gasteiger partial charge in [0.25, 0.3) is 0 Å². The van der Waals surface area contributed by atoms with E-state index in [1.807, 2.05) is 0 Å². The third-order valence-corrected chi connectivity index (χ3v) is 11.2. The average Bonchev–Trinajstić information content (AvgIpc) is 2.63. The highest BCUT2D eigenvalue weighted by Gasteiger charge is 2.63. The van der Waals surface area contributed by atoms with Crippen LogP contribution < -0.4 is 0 Å². The fraction of sp³-hybridized carbons (Fsp3) is 0.889. The van der Waals surface area contributed by atoms with E-state index in [9.17, 15) is 4.79 Å². The fourth-order valence-corrected chi connectivity index (χ4v) is 9.55. The van der Waals surface area contributed by atoms with Crippen LogP contribution in [0.1, 0.15) is 98.8 Å². The quantitative estimate of drug-likeness (QED) is 0.432. The Morgan fingerprint density at radius 1 is 0.893 bits per heavy atom. The molecule has 0 aliphatic heterocycles. The molecule has 0 spiro atoms. The summed E-state index contributed by atoms with van der Waals surface area (Å²) in [4.78, 5) is 12.5. The van der Waals surface area contributed by atoms with Crippen molar-refractivity contribution in [1.82, 2.24) is 0 Å². The minimum Gasteiger partial charge on any atom is -0.295 e. The lowest BCUT2D eigenvalue weighted by Gasteiger charge is -2.67. The molecular weight excluding hydrogens is 340 g/mol. The first kappa shape index (κ1) is 19.4. The van der Waals surface area contributed by atoms with Crippen LogP contribution in [0.15, 0.2) is 11.6 Å². The molecular formula is C27H42O. The lowest BCUT2D eigenvalue weighted by Crippen LogP contribution is -2.59. The second-order valence-corrected chi connectivity index (χ2v) is 12.7. The van der Waals surface area contributed by atoms with E-state index in [4.69, 9.17) is 0 Å². The van der Waals surface area contributed by atoms with Crippen LogP contribution >= 0.6 is 0 Å². The third kappa shape index (κ3) is 2.53. The van der Waals surface area contributed by atoms with E-state index in [0.717, 1.165) is 30.1 Å². The molecule has 5 aliphatic carbocycles. The van der Waals surface area contributed by atoms with Gasteiger partial charge in [-0.2, -0.15) is 0 Å². The first-order valence-electron chi connectivity index (χ1n) is 12.4. The molecule has 9 atom stereocenters. The molecule has 156 valence electrons. The summed E-state index contributed by atoms with van der Waals surface area (Å²) in [6.45, 7) is 12.7. The summed E-state index contributed by atoms with van der Waals surface area (Å²) in [7, 11) is 0. The van der Waals surface area contributed by atoms with Crippen molar-refractivity contribution < 1.29 is 4.79 Å². The van der Waals surface area contributed by atoms with Gasteiger partial charge in [-0.25, -0.2) is 0 Å². The first-order valence-corrected chi connectivity index (χ1v) is 12.4. The highest BCUT2D eigenvalue weighted by Crippen LogP contribution is 2.71. The Kier molecular flexibility index (Phi) is 4.30. The predicted molar refractivity (Wildman–Crippen MR) is 116 cm³/mol. The first-order chi connectivity index (χ1) is 13.2. The number of fused-ring (bicyclic) bond motifs is 7. The van der Waals surface area contributed by atoms with Crippen LogP contribution in [0.3, 0.4) is 0 Å². The standard InChI is InChI=1S/C27H42O/c1-17-8-10-25(3)12-13-27(5)21(23(25)14-17)9-11-26(4)22-16-19(28)15-18(2)20(22)6-7-24(26)27/h16-18,20-21,23-24H,6-15H2,1-5H3. The van der Waals surface area contributed by atoms with Gasteiger partial charge in [0.1, 0.15) is 0 Å². The number of hydrogen-bond donors (Lipinski definition) is 0. The van der Waals surface area contributed by atoms with Crippen molar-refractivity contribution in [3.8, 4) is 0 Å². The Hall–Kier alpha value is -0.590. The van der Waals surface area contributed by atoms with Crippen molar-refractivity contribution in [1.29, 1.82) is 0 Å². The van der Waals surface area contributed by atoms with Gasteiger partial charge in [0.05, 0.1) is 0 Å². The number of rotatable bonds is 0. The molecule has 0 aromatic heterocycles. The normalized spacial score (nSPS) is 56.0. The summed E-state index contributed by atoms with van der Waals surface area (Å²) in [5, 5.41) is 0. The van der Waals surface area contributed by atoms with Gasteiger partial charge in [-0.15, -0.1) is 0 Å². The smallest absolute Gasteiger partial charge is 0.155 e. The monoisotopic (exact) mass is 382 g/mol. The van der Waals surface area contributed by atoms with Crippen molar-refractivity contribution in [2.45, 2.75) is 98.8 Å². The molecule has 1 nitrogen and oxygen atoms in total. The molecule has 4 saturated carbocycles. The fourth-order valence-electron chi connectivity index (χ4n) is 9.55. The molecule has 5 aliphatic rings. The molecule has 28 heavy (non-hydrogen) atoms. The molecule has 0 amide bonds. The van der Waals surface area contributed by atoms with Crippen molar-refractivity contribution in [3.63, 3.8) is 0 Å². The van der Waals surface area contributed by atoms with Crippen LogP contribution in [0.25, 0.3) is 0 Å². The highest BCUT2D eigenvalue weighted by molar-refractivity contribution is 5.92. The van der Waals surface area contributed by atoms with Crippen LogP contribution in [0, 0.1) is 51.8 Å². The SMILES string of the molecule is CC1CCC2(C)CCC3(C)C(CCC4(C)C5=CC(=O)CC(C)C5CCC43)C2C1. The molecule has 0 radical (unpaired) electrons. The Morgan fingerprint density at radius 2 is 1.68 bits per heavy atom. The molecule has 0 aromatic rings. The zero-order valence-electron chi connectivity index (χ0n) is 19.0. The van der Waals surface area contributed by atoms with E-state index in [0.29, 0.717) is 28.4 Å². The summed E-state index contributed by atoms with van der Waals surface area (Å²) in [6, 6.07) is 0. The lowest BCUT2D eigenvalue weighted by atomic mass is 9.37. The molecule has 1 heteroatoms. The van der Waals surface area contributed by atoms with Crippen molar-refractivity contribution in [2.75, 3.05) is 0 Å². The van der Waals surface area contributed by atoms with Gasteiger partial charge >= 0.3 is 0 Å². The van der Waals surface area contributed by atoms with Crippen LogP contribution in [-0.4, -0.2) is 5.78 Å². The maximum atomic E-state index is 12.5. The van der Waals surface area contributed by atoms with Crippen LogP contribution in [0.5, 0.6) is 0 Å². The van der Waals surface area contributed by atoms with Gasteiger partial charge in [0, 0.05) is 6.42 Å². The second kappa shape index (κ2) is 6.21. The summed E-state index contributed by atoms with van der Waals surface area (Å²) < 4.78 is 0. The highest BCUT2D eigenvalue weighted by atomic mass is 16.1. The van der Waals surface area contributed by atoms with Gasteiger partial charge in [0.2, 0.25) is 0 Å². The Labute approximate surface area is 173 Å². The summed E-state index contributed by atoms with van der Waals surface area (Å²) >= 11 is 0. The predicted octanol–water partition coefficient (Wildman–Crippen LogP) is 7.21. The van der Waals surface area contributed by atoms with Crippen LogP contribution in [0.2, 0.25) is 0 Å². The number of carbonyl (C=O) groups is 1. The number of hydrogen-bond acceptors (Lipinski definition) is 1. The summed E-state index contributed by atoms with van der Waals surface area (Å²) in [6.07, 6.45) is 15.7. The molecule has 0 saturated heterocycles. The van der Waals surface area contributed by atoms with Crippen molar-refractivity contribution >= 4 is 5.78 Å². The number of allylic oxidation sites excluding steroid dienone is 2. The van der Waals surface area contributed by atoms with E-state index < -0.39 is 0 Å². The third-order valence-electron chi connectivity index (χ3n) is 11.2. The number of carbonyl (C=O) groups excluding carboxylic acids is 1. The molecule has 4 fully saturated rings. The van der Waals surface area contributed by atoms with E-state index in [-0.39, 0.29) is 5.41 Å². The van der Waals surface area contributed by atoms with Gasteiger partial charge < -0.3 is 0 Å². The molecule has 9 unspecified atom stereocenters. The van der Waals surface area contributed by atoms with Gasteiger partial charge in [0.15, 0.2) is 5.78 Å². The molecule has 0 bridgehead atoms. The Bertz CT molecular complexity index is 705.